The van der Waals surface area contributed by atoms with E-state index in [-0.39, 0.29) is 18.1 Å². The molecule has 1 aromatic carbocycles. The van der Waals surface area contributed by atoms with E-state index in [0.29, 0.717) is 17.0 Å². The van der Waals surface area contributed by atoms with Crippen LogP contribution in [-0.2, 0) is 6.54 Å². The van der Waals surface area contributed by atoms with Crippen LogP contribution in [0, 0.1) is 12.7 Å². The zero-order valence-electron chi connectivity index (χ0n) is 9.74. The highest BCUT2D eigenvalue weighted by Crippen LogP contribution is 2.18. The average molecular weight is 249 g/mol. The van der Waals surface area contributed by atoms with Gasteiger partial charge in [-0.05, 0) is 25.1 Å². The highest BCUT2D eigenvalue weighted by atomic mass is 19.1. The molecule has 0 aliphatic carbocycles. The van der Waals surface area contributed by atoms with Crippen LogP contribution in [-0.4, -0.2) is 11.1 Å². The summed E-state index contributed by atoms with van der Waals surface area (Å²) in [7, 11) is 0. The number of halogens is 1. The Labute approximate surface area is 103 Å². The summed E-state index contributed by atoms with van der Waals surface area (Å²) < 4.78 is 18.5. The third-order valence-electron chi connectivity index (χ3n) is 2.49. The minimum Gasteiger partial charge on any atom is -0.475 e. The molecule has 2 rings (SSSR count). The minimum atomic E-state index is -1.11. The SMILES string of the molecule is Cc1cc(CNc2ccccc2F)oc1C(=O)O. The molecule has 2 N–H and O–H groups in total. The van der Waals surface area contributed by atoms with Gasteiger partial charge in [-0.2, -0.15) is 0 Å². The summed E-state index contributed by atoms with van der Waals surface area (Å²) >= 11 is 0. The molecule has 2 aromatic rings. The first kappa shape index (κ1) is 12.2. The summed E-state index contributed by atoms with van der Waals surface area (Å²) in [6.45, 7) is 1.88. The predicted octanol–water partition coefficient (Wildman–Crippen LogP) is 3.04. The number of para-hydroxylation sites is 1. The van der Waals surface area contributed by atoms with Gasteiger partial charge in [0, 0.05) is 5.56 Å². The molecule has 0 fully saturated rings. The van der Waals surface area contributed by atoms with Crippen molar-refractivity contribution in [2.24, 2.45) is 0 Å². The van der Waals surface area contributed by atoms with E-state index < -0.39 is 5.97 Å². The largest absolute Gasteiger partial charge is 0.475 e. The van der Waals surface area contributed by atoms with Crippen LogP contribution in [0.1, 0.15) is 21.9 Å². The third kappa shape index (κ3) is 2.51. The lowest BCUT2D eigenvalue weighted by molar-refractivity contribution is 0.0659. The summed E-state index contributed by atoms with van der Waals surface area (Å²) in [5.74, 6) is -1.10. The Morgan fingerprint density at radius 1 is 1.44 bits per heavy atom. The van der Waals surface area contributed by atoms with Gasteiger partial charge in [0.1, 0.15) is 11.6 Å². The number of furan rings is 1. The van der Waals surface area contributed by atoms with Crippen LogP contribution < -0.4 is 5.32 Å². The van der Waals surface area contributed by atoms with Crippen molar-refractivity contribution >= 4 is 11.7 Å². The van der Waals surface area contributed by atoms with Gasteiger partial charge in [0.05, 0.1) is 12.2 Å². The second kappa shape index (κ2) is 4.91. The fraction of sp³-hybridized carbons (Fsp3) is 0.154. The molecule has 0 saturated heterocycles. The number of carboxylic acid groups (broad SMARTS) is 1. The molecule has 0 saturated carbocycles. The van der Waals surface area contributed by atoms with Crippen molar-refractivity contribution < 1.29 is 18.7 Å². The molecule has 0 radical (unpaired) electrons. The van der Waals surface area contributed by atoms with Crippen molar-refractivity contribution in [2.75, 3.05) is 5.32 Å². The van der Waals surface area contributed by atoms with Gasteiger partial charge in [0.15, 0.2) is 0 Å². The van der Waals surface area contributed by atoms with Gasteiger partial charge in [0.25, 0.3) is 0 Å². The van der Waals surface area contributed by atoms with E-state index in [2.05, 4.69) is 5.32 Å². The summed E-state index contributed by atoms with van der Waals surface area (Å²) in [5.41, 5.74) is 0.899. The summed E-state index contributed by atoms with van der Waals surface area (Å²) in [6.07, 6.45) is 0. The fourth-order valence-electron chi connectivity index (χ4n) is 1.63. The van der Waals surface area contributed by atoms with Crippen LogP contribution in [0.5, 0.6) is 0 Å². The number of aromatic carboxylic acids is 1. The van der Waals surface area contributed by atoms with Crippen LogP contribution >= 0.6 is 0 Å². The van der Waals surface area contributed by atoms with Crippen molar-refractivity contribution in [2.45, 2.75) is 13.5 Å². The zero-order valence-corrected chi connectivity index (χ0v) is 9.74. The second-order valence-electron chi connectivity index (χ2n) is 3.86. The van der Waals surface area contributed by atoms with E-state index in [1.807, 2.05) is 0 Å². The number of benzene rings is 1. The molecular formula is C13H12FNO3. The van der Waals surface area contributed by atoms with E-state index in [0.717, 1.165) is 0 Å². The number of hydrogen-bond donors (Lipinski definition) is 2. The van der Waals surface area contributed by atoms with E-state index in [4.69, 9.17) is 9.52 Å². The van der Waals surface area contributed by atoms with E-state index in [9.17, 15) is 9.18 Å². The number of nitrogens with one attached hydrogen (secondary N) is 1. The second-order valence-corrected chi connectivity index (χ2v) is 3.86. The Hall–Kier alpha value is -2.30. The molecule has 1 heterocycles. The van der Waals surface area contributed by atoms with Crippen molar-refractivity contribution in [1.29, 1.82) is 0 Å². The van der Waals surface area contributed by atoms with Crippen LogP contribution in [0.25, 0.3) is 0 Å². The molecule has 4 nitrogen and oxygen atoms in total. The zero-order chi connectivity index (χ0) is 13.1. The molecular weight excluding hydrogens is 237 g/mol. The van der Waals surface area contributed by atoms with E-state index in [1.54, 1.807) is 31.2 Å². The van der Waals surface area contributed by atoms with Gasteiger partial charge in [-0.3, -0.25) is 0 Å². The fourth-order valence-corrected chi connectivity index (χ4v) is 1.63. The quantitative estimate of drug-likeness (QED) is 0.874. The first-order valence-electron chi connectivity index (χ1n) is 5.39. The number of rotatable bonds is 4. The van der Waals surface area contributed by atoms with Gasteiger partial charge in [-0.15, -0.1) is 0 Å². The first-order chi connectivity index (χ1) is 8.58. The lowest BCUT2D eigenvalue weighted by Gasteiger charge is -2.04. The van der Waals surface area contributed by atoms with Gasteiger partial charge in [0.2, 0.25) is 5.76 Å². The van der Waals surface area contributed by atoms with Crippen molar-refractivity contribution in [3.8, 4) is 0 Å². The maximum Gasteiger partial charge on any atom is 0.372 e. The monoisotopic (exact) mass is 249 g/mol. The molecule has 94 valence electrons. The molecule has 0 bridgehead atoms. The molecule has 0 aliphatic rings. The summed E-state index contributed by atoms with van der Waals surface area (Å²) in [6, 6.07) is 7.88. The Morgan fingerprint density at radius 2 is 2.17 bits per heavy atom. The topological polar surface area (TPSA) is 62.5 Å². The molecule has 0 spiro atoms. The minimum absolute atomic E-state index is 0.0830. The van der Waals surface area contributed by atoms with Gasteiger partial charge >= 0.3 is 5.97 Å². The predicted molar refractivity (Wildman–Crippen MR) is 64.1 cm³/mol. The molecule has 0 unspecified atom stereocenters. The van der Waals surface area contributed by atoms with Crippen molar-refractivity contribution in [3.63, 3.8) is 0 Å². The normalized spacial score (nSPS) is 10.3. The van der Waals surface area contributed by atoms with Crippen LogP contribution in [0.15, 0.2) is 34.7 Å². The van der Waals surface area contributed by atoms with E-state index in [1.165, 1.54) is 6.07 Å². The van der Waals surface area contributed by atoms with E-state index >= 15 is 0 Å². The van der Waals surface area contributed by atoms with Crippen LogP contribution in [0.4, 0.5) is 10.1 Å². The maximum absolute atomic E-state index is 13.3. The number of aryl methyl sites for hydroxylation is 1. The molecule has 1 aromatic heterocycles. The van der Waals surface area contributed by atoms with Gasteiger partial charge in [-0.25, -0.2) is 9.18 Å². The van der Waals surface area contributed by atoms with Crippen LogP contribution in [0.2, 0.25) is 0 Å². The molecule has 0 atom stereocenters. The Kier molecular flexibility index (Phi) is 3.32. The first-order valence-corrected chi connectivity index (χ1v) is 5.39. The lowest BCUT2D eigenvalue weighted by atomic mass is 10.2. The van der Waals surface area contributed by atoms with Gasteiger partial charge in [-0.1, -0.05) is 12.1 Å². The highest BCUT2D eigenvalue weighted by Gasteiger charge is 2.14. The smallest absolute Gasteiger partial charge is 0.372 e. The van der Waals surface area contributed by atoms with Crippen LogP contribution in [0.3, 0.4) is 0 Å². The van der Waals surface area contributed by atoms with Gasteiger partial charge < -0.3 is 14.8 Å². The molecule has 0 amide bonds. The number of anilines is 1. The van der Waals surface area contributed by atoms with Crippen molar-refractivity contribution in [3.05, 3.63) is 53.2 Å². The number of carboxylic acids is 1. The summed E-state index contributed by atoms with van der Waals surface area (Å²) in [5, 5.41) is 11.7. The molecule has 0 aliphatic heterocycles. The Bertz CT molecular complexity index is 577. The molecule has 18 heavy (non-hydrogen) atoms. The lowest BCUT2D eigenvalue weighted by Crippen LogP contribution is -2.00. The summed E-state index contributed by atoms with van der Waals surface area (Å²) in [4.78, 5) is 10.8. The average Bonchev–Trinajstić information content (AvgIpc) is 2.70. The maximum atomic E-state index is 13.3. The standard InChI is InChI=1S/C13H12FNO3/c1-8-6-9(18-12(8)13(16)17)7-15-11-5-3-2-4-10(11)14/h2-6,15H,7H2,1H3,(H,16,17). The van der Waals surface area contributed by atoms with Crippen molar-refractivity contribution in [1.82, 2.24) is 0 Å². The highest BCUT2D eigenvalue weighted by molar-refractivity contribution is 5.86. The molecule has 5 heteroatoms. The number of carbonyl (C=O) groups is 1. The third-order valence-corrected chi connectivity index (χ3v) is 2.49. The Morgan fingerprint density at radius 3 is 2.78 bits per heavy atom. The number of hydrogen-bond acceptors (Lipinski definition) is 3. The Balaban J connectivity index is 2.09.